The van der Waals surface area contributed by atoms with Crippen molar-refractivity contribution in [2.75, 3.05) is 11.9 Å². The van der Waals surface area contributed by atoms with Crippen LogP contribution in [0.3, 0.4) is 0 Å². The molecule has 0 radical (unpaired) electrons. The van der Waals surface area contributed by atoms with E-state index < -0.39 is 23.7 Å². The number of hydrogen-bond acceptors (Lipinski definition) is 6. The summed E-state index contributed by atoms with van der Waals surface area (Å²) in [5, 5.41) is 6.70. The SMILES string of the molecule is CCOC(=O)c1c(NC(=O)c2cc3nc(C4CC4)cc(C(F)(F)F)n3n2)sc(C)c1C. The van der Waals surface area contributed by atoms with Gasteiger partial charge in [0.1, 0.15) is 10.7 Å². The van der Waals surface area contributed by atoms with Crippen LogP contribution in [0.2, 0.25) is 0 Å². The van der Waals surface area contributed by atoms with Crippen LogP contribution in [0.25, 0.3) is 5.65 Å². The van der Waals surface area contributed by atoms with Gasteiger partial charge in [-0.15, -0.1) is 11.3 Å². The molecule has 0 saturated heterocycles. The maximum atomic E-state index is 13.6. The van der Waals surface area contributed by atoms with Crippen molar-refractivity contribution in [1.82, 2.24) is 14.6 Å². The van der Waals surface area contributed by atoms with Crippen molar-refractivity contribution in [3.05, 3.63) is 45.2 Å². The number of ether oxygens (including phenoxy) is 1. The summed E-state index contributed by atoms with van der Waals surface area (Å²) in [5.74, 6) is -1.31. The molecule has 3 aromatic heterocycles. The fourth-order valence-corrected chi connectivity index (χ4v) is 4.27. The number of esters is 1. The average molecular weight is 452 g/mol. The first-order valence-corrected chi connectivity index (χ1v) is 10.5. The quantitative estimate of drug-likeness (QED) is 0.566. The average Bonchev–Trinajstić information content (AvgIpc) is 3.38. The molecule has 164 valence electrons. The minimum Gasteiger partial charge on any atom is -0.462 e. The number of fused-ring (bicyclic) bond motifs is 1. The number of rotatable bonds is 5. The van der Waals surface area contributed by atoms with Crippen LogP contribution in [0, 0.1) is 13.8 Å². The van der Waals surface area contributed by atoms with Gasteiger partial charge in [0.2, 0.25) is 0 Å². The lowest BCUT2D eigenvalue weighted by Gasteiger charge is -2.10. The van der Waals surface area contributed by atoms with Gasteiger partial charge in [-0.1, -0.05) is 0 Å². The van der Waals surface area contributed by atoms with Gasteiger partial charge in [0.25, 0.3) is 5.91 Å². The van der Waals surface area contributed by atoms with E-state index in [1.165, 1.54) is 17.4 Å². The Morgan fingerprint density at radius 1 is 1.29 bits per heavy atom. The van der Waals surface area contributed by atoms with Crippen molar-refractivity contribution in [1.29, 1.82) is 0 Å². The molecule has 1 saturated carbocycles. The summed E-state index contributed by atoms with van der Waals surface area (Å²) < 4.78 is 46.4. The summed E-state index contributed by atoms with van der Waals surface area (Å²) in [5.41, 5.74) is -0.0137. The number of carbonyl (C=O) groups is 2. The molecule has 1 N–H and O–H groups in total. The van der Waals surface area contributed by atoms with E-state index in [1.807, 2.05) is 0 Å². The minimum absolute atomic E-state index is 0.00230. The Balaban J connectivity index is 1.71. The Morgan fingerprint density at radius 3 is 2.61 bits per heavy atom. The van der Waals surface area contributed by atoms with E-state index in [0.717, 1.165) is 23.8 Å². The van der Waals surface area contributed by atoms with Crippen LogP contribution in [0.15, 0.2) is 12.1 Å². The molecule has 4 rings (SSSR count). The molecule has 1 fully saturated rings. The largest absolute Gasteiger partial charge is 0.462 e. The standard InChI is InChI=1S/C20H19F3N4O3S/c1-4-30-19(29)16-9(2)10(3)31-18(16)25-17(28)13-8-15-24-12(11-5-6-11)7-14(20(21,22)23)27(15)26-13/h7-8,11H,4-6H2,1-3H3,(H,25,28). The number of carbonyl (C=O) groups excluding carboxylic acids is 2. The molecule has 0 atom stereocenters. The highest BCUT2D eigenvalue weighted by Gasteiger charge is 2.37. The van der Waals surface area contributed by atoms with Crippen LogP contribution in [0.4, 0.5) is 18.2 Å². The molecule has 3 heterocycles. The van der Waals surface area contributed by atoms with Gasteiger partial charge in [-0.3, -0.25) is 4.79 Å². The third kappa shape index (κ3) is 4.01. The molecular formula is C20H19F3N4O3S. The zero-order valence-corrected chi connectivity index (χ0v) is 17.8. The number of halogens is 3. The van der Waals surface area contributed by atoms with Gasteiger partial charge in [-0.05, 0) is 45.2 Å². The summed E-state index contributed by atoms with van der Waals surface area (Å²) in [6.45, 7) is 5.37. The van der Waals surface area contributed by atoms with Gasteiger partial charge in [-0.25, -0.2) is 14.3 Å². The number of nitrogens with one attached hydrogen (secondary N) is 1. The highest BCUT2D eigenvalue weighted by molar-refractivity contribution is 7.16. The van der Waals surface area contributed by atoms with Gasteiger partial charge in [0.05, 0.1) is 12.2 Å². The molecule has 1 aliphatic carbocycles. The number of alkyl halides is 3. The predicted octanol–water partition coefficient (Wildman–Crippen LogP) is 4.73. The third-order valence-corrected chi connectivity index (χ3v) is 6.18. The van der Waals surface area contributed by atoms with E-state index in [-0.39, 0.29) is 34.4 Å². The lowest BCUT2D eigenvalue weighted by molar-refractivity contribution is -0.142. The lowest BCUT2D eigenvalue weighted by atomic mass is 10.1. The molecule has 1 amide bonds. The zero-order chi connectivity index (χ0) is 22.5. The normalized spacial score (nSPS) is 14.1. The van der Waals surface area contributed by atoms with Gasteiger partial charge >= 0.3 is 12.1 Å². The molecule has 3 aromatic rings. The second-order valence-electron chi connectivity index (χ2n) is 7.30. The van der Waals surface area contributed by atoms with Crippen molar-refractivity contribution in [3.8, 4) is 0 Å². The Hall–Kier alpha value is -2.95. The summed E-state index contributed by atoms with van der Waals surface area (Å²) in [7, 11) is 0. The smallest absolute Gasteiger partial charge is 0.433 e. The molecule has 0 aliphatic heterocycles. The van der Waals surface area contributed by atoms with Crippen molar-refractivity contribution < 1.29 is 27.5 Å². The van der Waals surface area contributed by atoms with Gasteiger partial charge in [0.15, 0.2) is 11.3 Å². The summed E-state index contributed by atoms with van der Waals surface area (Å²) in [4.78, 5) is 30.2. The van der Waals surface area contributed by atoms with E-state index in [1.54, 1.807) is 20.8 Å². The maximum absolute atomic E-state index is 13.6. The fraction of sp³-hybridized carbons (Fsp3) is 0.400. The highest BCUT2D eigenvalue weighted by Crippen LogP contribution is 2.41. The van der Waals surface area contributed by atoms with Crippen molar-refractivity contribution in [3.63, 3.8) is 0 Å². The van der Waals surface area contributed by atoms with Crippen LogP contribution < -0.4 is 5.32 Å². The van der Waals surface area contributed by atoms with Crippen molar-refractivity contribution in [2.45, 2.75) is 45.7 Å². The second-order valence-corrected chi connectivity index (χ2v) is 8.52. The minimum atomic E-state index is -4.65. The van der Waals surface area contributed by atoms with Crippen LogP contribution in [0.5, 0.6) is 0 Å². The number of thiophene rings is 1. The topological polar surface area (TPSA) is 85.6 Å². The molecule has 0 unspecified atom stereocenters. The van der Waals surface area contributed by atoms with E-state index in [0.29, 0.717) is 15.8 Å². The molecule has 0 spiro atoms. The van der Waals surface area contributed by atoms with E-state index in [9.17, 15) is 22.8 Å². The third-order valence-electron chi connectivity index (χ3n) is 5.06. The highest BCUT2D eigenvalue weighted by atomic mass is 32.1. The number of aryl methyl sites for hydroxylation is 1. The summed E-state index contributed by atoms with van der Waals surface area (Å²) in [6.07, 6.45) is -3.07. The summed E-state index contributed by atoms with van der Waals surface area (Å²) >= 11 is 1.18. The molecule has 31 heavy (non-hydrogen) atoms. The molecule has 11 heteroatoms. The number of nitrogens with zero attached hydrogens (tertiary/aromatic N) is 3. The predicted molar refractivity (Wildman–Crippen MR) is 108 cm³/mol. The van der Waals surface area contributed by atoms with Gasteiger partial charge < -0.3 is 10.1 Å². The van der Waals surface area contributed by atoms with Crippen LogP contribution >= 0.6 is 11.3 Å². The van der Waals surface area contributed by atoms with Crippen molar-refractivity contribution in [2.24, 2.45) is 0 Å². The Labute approximate surface area is 179 Å². The van der Waals surface area contributed by atoms with Gasteiger partial charge in [0, 0.05) is 22.6 Å². The monoisotopic (exact) mass is 452 g/mol. The van der Waals surface area contributed by atoms with E-state index >= 15 is 0 Å². The zero-order valence-electron chi connectivity index (χ0n) is 17.0. The molecule has 7 nitrogen and oxygen atoms in total. The van der Waals surface area contributed by atoms with Crippen LogP contribution in [-0.4, -0.2) is 33.1 Å². The number of amides is 1. The van der Waals surface area contributed by atoms with E-state index in [4.69, 9.17) is 4.74 Å². The first kappa shape index (κ1) is 21.3. The fourth-order valence-electron chi connectivity index (χ4n) is 3.23. The van der Waals surface area contributed by atoms with Crippen LogP contribution in [-0.2, 0) is 10.9 Å². The molecule has 0 bridgehead atoms. The number of anilines is 1. The van der Waals surface area contributed by atoms with Gasteiger partial charge in [-0.2, -0.15) is 18.3 Å². The molecular weight excluding hydrogens is 433 g/mol. The summed E-state index contributed by atoms with van der Waals surface area (Å²) in [6, 6.07) is 2.21. The number of hydrogen-bond donors (Lipinski definition) is 1. The Bertz CT molecular complexity index is 1190. The number of aromatic nitrogens is 3. The maximum Gasteiger partial charge on any atom is 0.433 e. The van der Waals surface area contributed by atoms with E-state index in [2.05, 4.69) is 15.4 Å². The first-order valence-electron chi connectivity index (χ1n) is 9.66. The Morgan fingerprint density at radius 2 is 2.00 bits per heavy atom. The molecule has 0 aromatic carbocycles. The Kier molecular flexibility index (Phi) is 5.24. The lowest BCUT2D eigenvalue weighted by Crippen LogP contribution is -2.17. The van der Waals surface area contributed by atoms with Crippen LogP contribution in [0.1, 0.15) is 68.4 Å². The first-order chi connectivity index (χ1) is 14.6. The van der Waals surface area contributed by atoms with Crippen molar-refractivity contribution >= 4 is 33.9 Å². The second kappa shape index (κ2) is 7.63. The molecule has 1 aliphatic rings.